The Bertz CT molecular complexity index is 1030. The van der Waals surface area contributed by atoms with E-state index in [-0.39, 0.29) is 54.7 Å². The maximum atomic E-state index is 13.3. The highest BCUT2D eigenvalue weighted by molar-refractivity contribution is 6.03. The highest BCUT2D eigenvalue weighted by Crippen LogP contribution is 2.42. The highest BCUT2D eigenvalue weighted by Gasteiger charge is 2.36. The standard InChI is InChI=1S/C28H42N2O7/c1-28(2,3)24(35)7-6-18-13-21(30(4)5)19-11-16(12-23(34)26(19)27(18)37)10-17(8-9-31)20(15-32)22(33)14-25(29)36/h13,16-17,20,31-32,37H,6-12,14-15H2,1-5H3,(H2,29,36). The van der Waals surface area contributed by atoms with Gasteiger partial charge >= 0.3 is 0 Å². The molecule has 1 aromatic carbocycles. The lowest BCUT2D eigenvalue weighted by Crippen LogP contribution is -2.34. The van der Waals surface area contributed by atoms with Crippen LogP contribution in [-0.4, -0.2) is 65.9 Å². The van der Waals surface area contributed by atoms with Crippen LogP contribution < -0.4 is 10.6 Å². The van der Waals surface area contributed by atoms with E-state index in [9.17, 15) is 34.5 Å². The molecule has 0 spiro atoms. The largest absolute Gasteiger partial charge is 0.507 e. The number of phenols is 1. The van der Waals surface area contributed by atoms with Gasteiger partial charge in [-0.15, -0.1) is 0 Å². The van der Waals surface area contributed by atoms with Crippen LogP contribution >= 0.6 is 0 Å². The number of carbonyl (C=O) groups excluding carboxylic acids is 4. The molecular formula is C28H42N2O7. The van der Waals surface area contributed by atoms with Crippen molar-refractivity contribution in [2.75, 3.05) is 32.2 Å². The van der Waals surface area contributed by atoms with Gasteiger partial charge in [0.05, 0.1) is 18.6 Å². The van der Waals surface area contributed by atoms with Crippen LogP contribution in [0.25, 0.3) is 0 Å². The molecular weight excluding hydrogens is 476 g/mol. The molecule has 0 saturated carbocycles. The minimum atomic E-state index is -0.861. The fraction of sp³-hybridized carbons (Fsp3) is 0.643. The fourth-order valence-corrected chi connectivity index (χ4v) is 5.26. The number of ketones is 3. The van der Waals surface area contributed by atoms with Gasteiger partial charge in [-0.2, -0.15) is 0 Å². The molecule has 2 rings (SSSR count). The lowest BCUT2D eigenvalue weighted by molar-refractivity contribution is -0.131. The van der Waals surface area contributed by atoms with Gasteiger partial charge in [0.15, 0.2) is 5.78 Å². The SMILES string of the molecule is CN(C)c1cc(CCC(=O)C(C)(C)C)c(O)c2c1CC(CC(CCO)C(CO)C(=O)CC(N)=O)CC2=O. The van der Waals surface area contributed by atoms with E-state index in [2.05, 4.69) is 0 Å². The van der Waals surface area contributed by atoms with Crippen molar-refractivity contribution in [1.82, 2.24) is 0 Å². The van der Waals surface area contributed by atoms with Gasteiger partial charge in [-0.25, -0.2) is 0 Å². The Labute approximate surface area is 219 Å². The topological polar surface area (TPSA) is 158 Å². The summed E-state index contributed by atoms with van der Waals surface area (Å²) in [5.74, 6) is -2.96. The maximum absolute atomic E-state index is 13.3. The average molecular weight is 519 g/mol. The second kappa shape index (κ2) is 12.6. The Morgan fingerprint density at radius 3 is 2.32 bits per heavy atom. The number of hydrogen-bond acceptors (Lipinski definition) is 8. The molecule has 9 heteroatoms. The molecule has 1 aliphatic carbocycles. The van der Waals surface area contributed by atoms with Crippen LogP contribution in [0.4, 0.5) is 5.69 Å². The zero-order chi connectivity index (χ0) is 28.1. The Balaban J connectivity index is 2.37. The van der Waals surface area contributed by atoms with Crippen LogP contribution in [0.3, 0.4) is 0 Å². The van der Waals surface area contributed by atoms with Crippen molar-refractivity contribution in [3.05, 3.63) is 22.8 Å². The van der Waals surface area contributed by atoms with Crippen LogP contribution in [0.2, 0.25) is 0 Å². The Morgan fingerprint density at radius 1 is 1.16 bits per heavy atom. The predicted molar refractivity (Wildman–Crippen MR) is 141 cm³/mol. The summed E-state index contributed by atoms with van der Waals surface area (Å²) in [6, 6.07) is 1.83. The number of phenolic OH excluding ortho intramolecular Hbond substituents is 1. The Hall–Kier alpha value is -2.78. The third-order valence-electron chi connectivity index (χ3n) is 7.31. The number of hydrogen-bond donors (Lipinski definition) is 4. The molecule has 0 radical (unpaired) electrons. The summed E-state index contributed by atoms with van der Waals surface area (Å²) in [7, 11) is 3.70. The van der Waals surface area contributed by atoms with Gasteiger partial charge in [-0.3, -0.25) is 19.2 Å². The van der Waals surface area contributed by atoms with Gasteiger partial charge in [0, 0.05) is 50.6 Å². The van der Waals surface area contributed by atoms with Crippen molar-refractivity contribution in [2.24, 2.45) is 28.9 Å². The smallest absolute Gasteiger partial charge is 0.224 e. The summed E-state index contributed by atoms with van der Waals surface area (Å²) in [6.07, 6.45) is 1.32. The number of Topliss-reactive ketones (excluding diaryl/α,β-unsaturated/α-hetero) is 3. The van der Waals surface area contributed by atoms with Crippen molar-refractivity contribution >= 4 is 28.9 Å². The number of primary amides is 1. The molecule has 0 aromatic heterocycles. The molecule has 1 aromatic rings. The minimum absolute atomic E-state index is 0.0710. The van der Waals surface area contributed by atoms with Gasteiger partial charge in [0.25, 0.3) is 0 Å². The van der Waals surface area contributed by atoms with Gasteiger partial charge in [0.1, 0.15) is 17.3 Å². The lowest BCUT2D eigenvalue weighted by Gasteiger charge is -2.33. The Kier molecular flexibility index (Phi) is 10.4. The van der Waals surface area contributed by atoms with Gasteiger partial charge in [-0.1, -0.05) is 20.8 Å². The van der Waals surface area contributed by atoms with E-state index in [1.807, 2.05) is 45.8 Å². The van der Waals surface area contributed by atoms with Crippen molar-refractivity contribution < 1.29 is 34.5 Å². The first-order valence-corrected chi connectivity index (χ1v) is 12.8. The number of aliphatic hydroxyl groups excluding tert-OH is 2. The number of aryl methyl sites for hydroxylation is 1. The van der Waals surface area contributed by atoms with Gasteiger partial charge < -0.3 is 26.0 Å². The first kappa shape index (κ1) is 30.4. The number of rotatable bonds is 13. The molecule has 37 heavy (non-hydrogen) atoms. The molecule has 0 aliphatic heterocycles. The summed E-state index contributed by atoms with van der Waals surface area (Å²) >= 11 is 0. The van der Waals surface area contributed by atoms with Gasteiger partial charge in [-0.05, 0) is 54.7 Å². The molecule has 3 atom stereocenters. The quantitative estimate of drug-likeness (QED) is 0.289. The van der Waals surface area contributed by atoms with Crippen molar-refractivity contribution in [3.63, 3.8) is 0 Å². The van der Waals surface area contributed by atoms with E-state index in [0.717, 1.165) is 5.69 Å². The van der Waals surface area contributed by atoms with Crippen molar-refractivity contribution in [2.45, 2.75) is 65.7 Å². The summed E-state index contributed by atoms with van der Waals surface area (Å²) in [5, 5.41) is 30.5. The molecule has 0 bridgehead atoms. The number of nitrogens with two attached hydrogens (primary N) is 1. The third kappa shape index (κ3) is 7.61. The first-order valence-electron chi connectivity index (χ1n) is 12.8. The number of fused-ring (bicyclic) bond motifs is 1. The Morgan fingerprint density at radius 2 is 1.81 bits per heavy atom. The molecule has 206 valence electrons. The molecule has 9 nitrogen and oxygen atoms in total. The van der Waals surface area contributed by atoms with E-state index in [1.54, 1.807) is 0 Å². The molecule has 1 aliphatic rings. The normalized spacial score (nSPS) is 17.2. The number of aromatic hydroxyl groups is 1. The number of nitrogens with zero attached hydrogens (tertiary/aromatic N) is 1. The highest BCUT2D eigenvalue weighted by atomic mass is 16.3. The number of anilines is 1. The van der Waals surface area contributed by atoms with E-state index < -0.39 is 42.0 Å². The maximum Gasteiger partial charge on any atom is 0.224 e. The molecule has 5 N–H and O–H groups in total. The third-order valence-corrected chi connectivity index (χ3v) is 7.31. The van der Waals surface area contributed by atoms with Crippen LogP contribution in [0, 0.1) is 23.2 Å². The molecule has 1 amide bonds. The lowest BCUT2D eigenvalue weighted by atomic mass is 9.73. The van der Waals surface area contributed by atoms with Crippen LogP contribution in [-0.2, 0) is 27.2 Å². The zero-order valence-electron chi connectivity index (χ0n) is 22.7. The minimum Gasteiger partial charge on any atom is -0.507 e. The van der Waals surface area contributed by atoms with Crippen LogP contribution in [0.1, 0.15) is 74.4 Å². The van der Waals surface area contributed by atoms with Gasteiger partial charge in [0.2, 0.25) is 5.91 Å². The van der Waals surface area contributed by atoms with E-state index >= 15 is 0 Å². The predicted octanol–water partition coefficient (Wildman–Crippen LogP) is 2.19. The zero-order valence-corrected chi connectivity index (χ0v) is 22.7. The fourth-order valence-electron chi connectivity index (χ4n) is 5.26. The van der Waals surface area contributed by atoms with E-state index in [4.69, 9.17) is 5.73 Å². The summed E-state index contributed by atoms with van der Waals surface area (Å²) < 4.78 is 0. The van der Waals surface area contributed by atoms with Crippen molar-refractivity contribution in [3.8, 4) is 5.75 Å². The molecule has 0 saturated heterocycles. The number of carbonyl (C=O) groups is 4. The second-order valence-corrected chi connectivity index (χ2v) is 11.4. The summed E-state index contributed by atoms with van der Waals surface area (Å²) in [6.45, 7) is 4.87. The van der Waals surface area contributed by atoms with Crippen molar-refractivity contribution in [1.29, 1.82) is 0 Å². The molecule has 0 fully saturated rings. The van der Waals surface area contributed by atoms with E-state index in [1.165, 1.54) is 0 Å². The first-order chi connectivity index (χ1) is 17.2. The molecule has 3 unspecified atom stereocenters. The summed E-state index contributed by atoms with van der Waals surface area (Å²) in [5.41, 5.74) is 7.00. The monoisotopic (exact) mass is 518 g/mol. The van der Waals surface area contributed by atoms with Crippen LogP contribution in [0.5, 0.6) is 5.75 Å². The van der Waals surface area contributed by atoms with Crippen LogP contribution in [0.15, 0.2) is 6.07 Å². The molecule has 0 heterocycles. The summed E-state index contributed by atoms with van der Waals surface area (Å²) in [4.78, 5) is 51.4. The van der Waals surface area contributed by atoms with E-state index in [0.29, 0.717) is 30.4 Å². The number of amides is 1. The number of aliphatic hydroxyl groups is 2. The second-order valence-electron chi connectivity index (χ2n) is 11.4. The number of benzene rings is 1. The average Bonchev–Trinajstić information content (AvgIpc) is 2.77.